The second-order valence-electron chi connectivity index (χ2n) is 4.77. The van der Waals surface area contributed by atoms with Gasteiger partial charge in [0.05, 0.1) is 18.2 Å². The number of carbonyl (C=O) groups excluding carboxylic acids is 1. The van der Waals surface area contributed by atoms with Crippen LogP contribution in [0.3, 0.4) is 0 Å². The number of aromatic nitrogens is 1. The van der Waals surface area contributed by atoms with Crippen LogP contribution in [0, 0.1) is 13.8 Å². The molecule has 1 amide bonds. The molecule has 1 aliphatic rings. The maximum absolute atomic E-state index is 12.2. The molecule has 0 radical (unpaired) electrons. The van der Waals surface area contributed by atoms with E-state index in [9.17, 15) is 14.7 Å². The van der Waals surface area contributed by atoms with Crippen molar-refractivity contribution in [1.82, 2.24) is 10.1 Å². The van der Waals surface area contributed by atoms with Crippen LogP contribution in [0.5, 0.6) is 0 Å². The molecule has 1 fully saturated rings. The first-order valence-corrected chi connectivity index (χ1v) is 6.02. The number of carboxylic acids is 1. The van der Waals surface area contributed by atoms with Crippen molar-refractivity contribution in [2.24, 2.45) is 0 Å². The summed E-state index contributed by atoms with van der Waals surface area (Å²) in [7, 11) is 0. The van der Waals surface area contributed by atoms with Gasteiger partial charge in [-0.2, -0.15) is 0 Å². The van der Waals surface area contributed by atoms with E-state index >= 15 is 0 Å². The summed E-state index contributed by atoms with van der Waals surface area (Å²) in [6.07, 6.45) is -0.671. The molecule has 1 saturated heterocycles. The third-order valence-corrected chi connectivity index (χ3v) is 3.39. The Labute approximate surface area is 109 Å². The highest BCUT2D eigenvalue weighted by atomic mass is 16.5. The molecule has 0 saturated carbocycles. The first-order valence-electron chi connectivity index (χ1n) is 6.02. The van der Waals surface area contributed by atoms with Crippen LogP contribution < -0.4 is 0 Å². The topological polar surface area (TPSA) is 104 Å². The van der Waals surface area contributed by atoms with Crippen LogP contribution in [0.15, 0.2) is 4.52 Å². The number of aliphatic hydroxyl groups excluding tert-OH is 1. The van der Waals surface area contributed by atoms with Crippen LogP contribution in [0.25, 0.3) is 0 Å². The van der Waals surface area contributed by atoms with E-state index in [-0.39, 0.29) is 25.3 Å². The van der Waals surface area contributed by atoms with Crippen molar-refractivity contribution in [3.8, 4) is 0 Å². The second kappa shape index (κ2) is 5.00. The maximum Gasteiger partial charge on any atom is 0.326 e. The van der Waals surface area contributed by atoms with Gasteiger partial charge in [0.15, 0.2) is 0 Å². The summed E-state index contributed by atoms with van der Waals surface area (Å²) in [5.74, 6) is -0.875. The molecule has 0 spiro atoms. The number of likely N-dealkylation sites (tertiary alicyclic amines) is 1. The van der Waals surface area contributed by atoms with Gasteiger partial charge in [-0.05, 0) is 13.8 Å². The van der Waals surface area contributed by atoms with E-state index in [4.69, 9.17) is 9.63 Å². The number of aliphatic hydroxyl groups is 1. The highest BCUT2D eigenvalue weighted by Crippen LogP contribution is 2.21. The van der Waals surface area contributed by atoms with E-state index in [1.54, 1.807) is 13.8 Å². The lowest BCUT2D eigenvalue weighted by Gasteiger charge is -2.21. The molecule has 1 aromatic rings. The Balaban J connectivity index is 2.13. The van der Waals surface area contributed by atoms with E-state index in [1.165, 1.54) is 4.90 Å². The summed E-state index contributed by atoms with van der Waals surface area (Å²) in [5.41, 5.74) is 1.30. The minimum Gasteiger partial charge on any atom is -0.480 e. The third kappa shape index (κ3) is 2.60. The lowest BCUT2D eigenvalue weighted by atomic mass is 10.1. The van der Waals surface area contributed by atoms with Crippen LogP contribution in [0.4, 0.5) is 0 Å². The molecule has 0 aliphatic carbocycles. The molecule has 104 valence electrons. The normalized spacial score (nSPS) is 22.8. The van der Waals surface area contributed by atoms with Gasteiger partial charge in [0.25, 0.3) is 0 Å². The standard InChI is InChI=1S/C12H16N2O5/c1-6-9(7(2)19-13-6)4-11(16)14-5-8(15)3-10(14)12(17)18/h8,10,15H,3-5H2,1-2H3,(H,17,18)/t8?,10-/m0/s1. The Kier molecular flexibility index (Phi) is 3.57. The molecule has 2 heterocycles. The summed E-state index contributed by atoms with van der Waals surface area (Å²) in [6.45, 7) is 3.49. The Morgan fingerprint density at radius 2 is 2.16 bits per heavy atom. The molecule has 7 heteroatoms. The van der Waals surface area contributed by atoms with Gasteiger partial charge in [-0.15, -0.1) is 0 Å². The van der Waals surface area contributed by atoms with Crippen LogP contribution >= 0.6 is 0 Å². The van der Waals surface area contributed by atoms with Crippen molar-refractivity contribution >= 4 is 11.9 Å². The Hall–Kier alpha value is -1.89. The number of hydrogen-bond acceptors (Lipinski definition) is 5. The lowest BCUT2D eigenvalue weighted by molar-refractivity contribution is -0.148. The lowest BCUT2D eigenvalue weighted by Crippen LogP contribution is -2.41. The highest BCUT2D eigenvalue weighted by molar-refractivity contribution is 5.86. The Morgan fingerprint density at radius 3 is 2.68 bits per heavy atom. The third-order valence-electron chi connectivity index (χ3n) is 3.39. The van der Waals surface area contributed by atoms with Gasteiger partial charge in [-0.3, -0.25) is 4.79 Å². The fraction of sp³-hybridized carbons (Fsp3) is 0.583. The van der Waals surface area contributed by atoms with Gasteiger partial charge in [-0.1, -0.05) is 5.16 Å². The van der Waals surface area contributed by atoms with Crippen molar-refractivity contribution in [3.63, 3.8) is 0 Å². The number of nitrogens with zero attached hydrogens (tertiary/aromatic N) is 2. The first-order chi connectivity index (χ1) is 8.90. The number of β-amino-alcohol motifs (C(OH)–C–C–N with tert-alkyl or cyclic N) is 1. The van der Waals surface area contributed by atoms with Gasteiger partial charge in [0, 0.05) is 18.5 Å². The summed E-state index contributed by atoms with van der Waals surface area (Å²) >= 11 is 0. The minimum atomic E-state index is -1.09. The molecule has 2 N–H and O–H groups in total. The van der Waals surface area contributed by atoms with Gasteiger partial charge >= 0.3 is 5.97 Å². The molecule has 2 atom stereocenters. The SMILES string of the molecule is Cc1noc(C)c1CC(=O)N1CC(O)C[C@H]1C(=O)O. The van der Waals surface area contributed by atoms with Crippen molar-refractivity contribution in [2.75, 3.05) is 6.54 Å². The van der Waals surface area contributed by atoms with E-state index in [1.807, 2.05) is 0 Å². The summed E-state index contributed by atoms with van der Waals surface area (Å²) in [6, 6.07) is -0.956. The van der Waals surface area contributed by atoms with Crippen molar-refractivity contribution < 1.29 is 24.3 Å². The molecular weight excluding hydrogens is 252 g/mol. The molecule has 1 aliphatic heterocycles. The van der Waals surface area contributed by atoms with Gasteiger partial charge in [0.2, 0.25) is 5.91 Å². The van der Waals surface area contributed by atoms with Gasteiger partial charge in [0.1, 0.15) is 11.8 Å². The number of carboxylic acid groups (broad SMARTS) is 1. The fourth-order valence-electron chi connectivity index (χ4n) is 2.33. The zero-order valence-corrected chi connectivity index (χ0v) is 10.8. The van der Waals surface area contributed by atoms with Crippen LogP contribution in [0.2, 0.25) is 0 Å². The van der Waals surface area contributed by atoms with Crippen LogP contribution in [-0.4, -0.2) is 50.8 Å². The predicted octanol–water partition coefficient (Wildman–Crippen LogP) is -0.120. The molecule has 0 aromatic carbocycles. The molecule has 1 unspecified atom stereocenters. The quantitative estimate of drug-likeness (QED) is 0.792. The number of amides is 1. The summed E-state index contributed by atoms with van der Waals surface area (Å²) in [5, 5.41) is 22.3. The van der Waals surface area contributed by atoms with Crippen LogP contribution in [-0.2, 0) is 16.0 Å². The first kappa shape index (κ1) is 13.5. The van der Waals surface area contributed by atoms with E-state index < -0.39 is 18.1 Å². The van der Waals surface area contributed by atoms with E-state index in [0.717, 1.165) is 0 Å². The predicted molar refractivity (Wildman–Crippen MR) is 63.4 cm³/mol. The summed E-state index contributed by atoms with van der Waals surface area (Å²) in [4.78, 5) is 24.4. The average molecular weight is 268 g/mol. The molecule has 7 nitrogen and oxygen atoms in total. The average Bonchev–Trinajstić information content (AvgIpc) is 2.87. The highest BCUT2D eigenvalue weighted by Gasteiger charge is 2.39. The number of carbonyl (C=O) groups is 2. The van der Waals surface area contributed by atoms with Gasteiger partial charge in [-0.25, -0.2) is 4.79 Å². The van der Waals surface area contributed by atoms with Crippen LogP contribution in [0.1, 0.15) is 23.4 Å². The minimum absolute atomic E-state index is 0.0394. The summed E-state index contributed by atoms with van der Waals surface area (Å²) < 4.78 is 4.97. The molecule has 2 rings (SSSR count). The molecule has 1 aromatic heterocycles. The zero-order chi connectivity index (χ0) is 14.2. The zero-order valence-electron chi connectivity index (χ0n) is 10.8. The van der Waals surface area contributed by atoms with Crippen molar-refractivity contribution in [1.29, 1.82) is 0 Å². The van der Waals surface area contributed by atoms with Crippen molar-refractivity contribution in [2.45, 2.75) is 38.8 Å². The number of hydrogen-bond donors (Lipinski definition) is 2. The Bertz CT molecular complexity index is 491. The maximum atomic E-state index is 12.2. The van der Waals surface area contributed by atoms with Gasteiger partial charge < -0.3 is 19.6 Å². The smallest absolute Gasteiger partial charge is 0.326 e. The molecule has 0 bridgehead atoms. The number of rotatable bonds is 3. The number of aliphatic carboxylic acids is 1. The Morgan fingerprint density at radius 1 is 1.47 bits per heavy atom. The van der Waals surface area contributed by atoms with Crippen molar-refractivity contribution in [3.05, 3.63) is 17.0 Å². The second-order valence-corrected chi connectivity index (χ2v) is 4.77. The molecule has 19 heavy (non-hydrogen) atoms. The number of aryl methyl sites for hydroxylation is 2. The molecular formula is C12H16N2O5. The fourth-order valence-corrected chi connectivity index (χ4v) is 2.33. The van der Waals surface area contributed by atoms with E-state index in [0.29, 0.717) is 17.0 Å². The largest absolute Gasteiger partial charge is 0.480 e. The van der Waals surface area contributed by atoms with E-state index in [2.05, 4.69) is 5.16 Å². The monoisotopic (exact) mass is 268 g/mol.